The Morgan fingerprint density at radius 2 is 1.83 bits per heavy atom. The molecule has 0 unspecified atom stereocenters. The number of hydrogen-bond acceptors (Lipinski definition) is 0. The molecule has 0 saturated heterocycles. The van der Waals surface area contributed by atoms with E-state index in [4.69, 9.17) is 0 Å². The van der Waals surface area contributed by atoms with Crippen molar-refractivity contribution in [3.63, 3.8) is 0 Å². The van der Waals surface area contributed by atoms with Gasteiger partial charge in [0.25, 0.3) is 0 Å². The maximum absolute atomic E-state index is 3.88. The number of allylic oxidation sites excluding steroid dienone is 5. The Balaban J connectivity index is 0. The van der Waals surface area contributed by atoms with Gasteiger partial charge in [-0.15, -0.1) is 0 Å². The molecule has 0 aromatic rings. The normalized spacial score (nSPS) is 10.9. The maximum atomic E-state index is 3.88. The van der Waals surface area contributed by atoms with Gasteiger partial charge in [-0.3, -0.25) is 0 Å². The fourth-order valence-electron chi connectivity index (χ4n) is 0.774. The summed E-state index contributed by atoms with van der Waals surface area (Å²) in [6.45, 7) is 14.1. The molecule has 0 heteroatoms. The summed E-state index contributed by atoms with van der Waals surface area (Å²) in [7, 11) is 0. The minimum atomic E-state index is 1.07. The molecule has 0 aliphatic heterocycles. The molecule has 0 atom stereocenters. The number of hydrogen-bond donors (Lipinski definition) is 0. The van der Waals surface area contributed by atoms with E-state index in [0.29, 0.717) is 0 Å². The van der Waals surface area contributed by atoms with Gasteiger partial charge in [-0.2, -0.15) is 0 Å². The van der Waals surface area contributed by atoms with Crippen LogP contribution >= 0.6 is 0 Å². The summed E-state index contributed by atoms with van der Waals surface area (Å²) in [5, 5.41) is 0. The first-order valence-electron chi connectivity index (χ1n) is 4.70. The van der Waals surface area contributed by atoms with Crippen LogP contribution in [0.1, 0.15) is 41.0 Å². The maximum Gasteiger partial charge on any atom is -0.0305 e. The Morgan fingerprint density at radius 3 is 2.08 bits per heavy atom. The van der Waals surface area contributed by atoms with Gasteiger partial charge >= 0.3 is 0 Å². The molecule has 0 rings (SSSR count). The molecule has 0 saturated carbocycles. The largest absolute Gasteiger partial charge is 0.0958 e. The zero-order valence-corrected chi connectivity index (χ0v) is 9.15. The number of rotatable bonds is 3. The first-order chi connectivity index (χ1) is 5.72. The zero-order valence-electron chi connectivity index (χ0n) is 9.15. The van der Waals surface area contributed by atoms with E-state index >= 15 is 0 Å². The first kappa shape index (κ1) is 13.8. The minimum Gasteiger partial charge on any atom is -0.0958 e. The summed E-state index contributed by atoms with van der Waals surface area (Å²) in [6, 6.07) is 0. The molecule has 0 heterocycles. The Bertz CT molecular complexity index is 159. The molecule has 0 fully saturated rings. The smallest absolute Gasteiger partial charge is 0.0305 e. The topological polar surface area (TPSA) is 0 Å². The lowest BCUT2D eigenvalue weighted by atomic mass is 10.1. The summed E-state index contributed by atoms with van der Waals surface area (Å²) in [5.41, 5.74) is 2.50. The van der Waals surface area contributed by atoms with Crippen molar-refractivity contribution in [1.82, 2.24) is 0 Å². The molecule has 0 bridgehead atoms. The van der Waals surface area contributed by atoms with Crippen LogP contribution in [0.2, 0.25) is 0 Å². The van der Waals surface area contributed by atoms with Crippen molar-refractivity contribution < 1.29 is 0 Å². The van der Waals surface area contributed by atoms with Gasteiger partial charge in [0, 0.05) is 0 Å². The fourth-order valence-corrected chi connectivity index (χ4v) is 0.774. The quantitative estimate of drug-likeness (QED) is 0.541. The van der Waals surface area contributed by atoms with Crippen LogP contribution in [0.25, 0.3) is 0 Å². The highest BCUT2D eigenvalue weighted by Crippen LogP contribution is 2.10. The highest BCUT2D eigenvalue weighted by atomic mass is 14.0. The van der Waals surface area contributed by atoms with Crippen molar-refractivity contribution in [2.45, 2.75) is 41.0 Å². The van der Waals surface area contributed by atoms with E-state index < -0.39 is 0 Å². The zero-order chi connectivity index (χ0) is 9.98. The molecular formula is C12H22. The van der Waals surface area contributed by atoms with Crippen molar-refractivity contribution in [3.8, 4) is 0 Å². The molecule has 12 heavy (non-hydrogen) atoms. The monoisotopic (exact) mass is 166 g/mol. The Labute approximate surface area is 77.7 Å². The van der Waals surface area contributed by atoms with Crippen molar-refractivity contribution >= 4 is 0 Å². The second-order valence-corrected chi connectivity index (χ2v) is 2.35. The minimum absolute atomic E-state index is 1.07. The van der Waals surface area contributed by atoms with E-state index in [1.54, 1.807) is 0 Å². The van der Waals surface area contributed by atoms with Crippen LogP contribution in [0.3, 0.4) is 0 Å². The third kappa shape index (κ3) is 7.33. The first-order valence-corrected chi connectivity index (χ1v) is 4.70. The fraction of sp³-hybridized carbons (Fsp3) is 0.500. The Hall–Kier alpha value is -0.780. The van der Waals surface area contributed by atoms with Gasteiger partial charge in [-0.1, -0.05) is 51.2 Å². The van der Waals surface area contributed by atoms with Gasteiger partial charge in [0.1, 0.15) is 0 Å². The van der Waals surface area contributed by atoms with E-state index in [1.807, 2.05) is 39.8 Å². The lowest BCUT2D eigenvalue weighted by Gasteiger charge is -1.99. The molecule has 0 aromatic heterocycles. The average molecular weight is 166 g/mol. The van der Waals surface area contributed by atoms with Crippen LogP contribution in [-0.2, 0) is 0 Å². The van der Waals surface area contributed by atoms with Crippen molar-refractivity contribution in [1.29, 1.82) is 0 Å². The lowest BCUT2D eigenvalue weighted by molar-refractivity contribution is 1.11. The summed E-state index contributed by atoms with van der Waals surface area (Å²) < 4.78 is 0. The van der Waals surface area contributed by atoms with E-state index in [-0.39, 0.29) is 0 Å². The van der Waals surface area contributed by atoms with Crippen LogP contribution in [0.5, 0.6) is 0 Å². The van der Waals surface area contributed by atoms with Crippen molar-refractivity contribution in [3.05, 3.63) is 36.0 Å². The van der Waals surface area contributed by atoms with Crippen molar-refractivity contribution in [2.24, 2.45) is 0 Å². The summed E-state index contributed by atoms with van der Waals surface area (Å²) in [4.78, 5) is 0. The summed E-state index contributed by atoms with van der Waals surface area (Å²) in [5.74, 6) is 0. The van der Waals surface area contributed by atoms with Crippen molar-refractivity contribution in [2.75, 3.05) is 0 Å². The van der Waals surface area contributed by atoms with Crippen LogP contribution in [0.15, 0.2) is 36.0 Å². The van der Waals surface area contributed by atoms with Gasteiger partial charge in [0.15, 0.2) is 0 Å². The lowest BCUT2D eigenvalue weighted by Crippen LogP contribution is -1.79. The van der Waals surface area contributed by atoms with Gasteiger partial charge in [-0.25, -0.2) is 0 Å². The standard InChI is InChI=1S/C10H16.C2H6/c1-5-7-8-10(6-2)9(3)4;1-2/h5,7-8H,3,6H2,1-2,4H3;1-2H3/b7-5-,10-8-;. The predicted molar refractivity (Wildman–Crippen MR) is 59.4 cm³/mol. The molecular weight excluding hydrogens is 144 g/mol. The van der Waals surface area contributed by atoms with E-state index in [2.05, 4.69) is 19.6 Å². The Morgan fingerprint density at radius 1 is 1.33 bits per heavy atom. The second kappa shape index (κ2) is 10.2. The summed E-state index contributed by atoms with van der Waals surface area (Å²) in [6.07, 6.45) is 7.26. The molecule has 0 amide bonds. The molecule has 70 valence electrons. The third-order valence-electron chi connectivity index (χ3n) is 1.42. The van der Waals surface area contributed by atoms with Gasteiger partial charge in [0.2, 0.25) is 0 Å². The molecule has 0 radical (unpaired) electrons. The third-order valence-corrected chi connectivity index (χ3v) is 1.42. The van der Waals surface area contributed by atoms with E-state index in [1.165, 1.54) is 11.1 Å². The van der Waals surface area contributed by atoms with Gasteiger partial charge < -0.3 is 0 Å². The van der Waals surface area contributed by atoms with Crippen LogP contribution in [0.4, 0.5) is 0 Å². The van der Waals surface area contributed by atoms with Crippen LogP contribution < -0.4 is 0 Å². The van der Waals surface area contributed by atoms with E-state index in [0.717, 1.165) is 6.42 Å². The van der Waals surface area contributed by atoms with Crippen LogP contribution in [-0.4, -0.2) is 0 Å². The predicted octanol–water partition coefficient (Wildman–Crippen LogP) is 4.50. The highest BCUT2D eigenvalue weighted by Gasteiger charge is 1.89. The molecule has 0 spiro atoms. The second-order valence-electron chi connectivity index (χ2n) is 2.35. The van der Waals surface area contributed by atoms with Gasteiger partial charge in [0.05, 0.1) is 0 Å². The molecule has 0 N–H and O–H groups in total. The molecule has 0 nitrogen and oxygen atoms in total. The van der Waals surface area contributed by atoms with Crippen LogP contribution in [0, 0.1) is 0 Å². The van der Waals surface area contributed by atoms with Gasteiger partial charge in [-0.05, 0) is 25.8 Å². The average Bonchev–Trinajstić information content (AvgIpc) is 2.09. The highest BCUT2D eigenvalue weighted by molar-refractivity contribution is 5.29. The summed E-state index contributed by atoms with van der Waals surface area (Å²) >= 11 is 0. The molecule has 0 aliphatic carbocycles. The molecule has 0 aliphatic rings. The van der Waals surface area contributed by atoms with E-state index in [9.17, 15) is 0 Å². The Kier molecular flexibility index (Phi) is 11.7. The molecule has 0 aromatic carbocycles. The SMILES string of the molecule is C=C(C)/C(=C\C=C/C)CC.CC.